The Kier molecular flexibility index (Phi) is 4.48. The first-order chi connectivity index (χ1) is 9.43. The molecule has 20 heavy (non-hydrogen) atoms. The van der Waals surface area contributed by atoms with Crippen LogP contribution in [0.1, 0.15) is 56.0 Å². The minimum Gasteiger partial charge on any atom is -0.396 e. The van der Waals surface area contributed by atoms with Crippen molar-refractivity contribution in [1.29, 1.82) is 0 Å². The van der Waals surface area contributed by atoms with Gasteiger partial charge in [0.05, 0.1) is 0 Å². The van der Waals surface area contributed by atoms with Crippen molar-refractivity contribution in [2.75, 3.05) is 6.61 Å². The summed E-state index contributed by atoms with van der Waals surface area (Å²) in [5, 5.41) is 12.5. The molecule has 1 aromatic rings. The van der Waals surface area contributed by atoms with Gasteiger partial charge in [0, 0.05) is 24.1 Å². The third-order valence-electron chi connectivity index (χ3n) is 4.19. The Bertz CT molecular complexity index is 476. The Labute approximate surface area is 121 Å². The zero-order valence-electron chi connectivity index (χ0n) is 12.6. The number of nitrogens with one attached hydrogen (secondary N) is 1. The first kappa shape index (κ1) is 15.0. The van der Waals surface area contributed by atoms with Crippen molar-refractivity contribution in [1.82, 2.24) is 5.32 Å². The smallest absolute Gasteiger partial charge is 0.251 e. The van der Waals surface area contributed by atoms with Gasteiger partial charge >= 0.3 is 0 Å². The van der Waals surface area contributed by atoms with E-state index in [9.17, 15) is 9.90 Å². The van der Waals surface area contributed by atoms with Crippen LogP contribution >= 0.6 is 0 Å². The number of amides is 1. The third kappa shape index (κ3) is 3.21. The summed E-state index contributed by atoms with van der Waals surface area (Å²) >= 11 is 0. The van der Waals surface area contributed by atoms with Crippen LogP contribution in [0.3, 0.4) is 0 Å². The van der Waals surface area contributed by atoms with Gasteiger partial charge in [-0.25, -0.2) is 0 Å². The number of aliphatic hydroxyl groups is 1. The van der Waals surface area contributed by atoms with Crippen LogP contribution in [0.25, 0.3) is 0 Å². The Morgan fingerprint density at radius 2 is 2.00 bits per heavy atom. The molecule has 2 atom stereocenters. The highest BCUT2D eigenvalue weighted by molar-refractivity contribution is 5.96. The molecule has 0 saturated heterocycles. The number of carbonyl (C=O) groups excluding carboxylic acids is 1. The topological polar surface area (TPSA) is 49.3 Å². The lowest BCUT2D eigenvalue weighted by Crippen LogP contribution is -2.39. The molecule has 1 aliphatic carbocycles. The van der Waals surface area contributed by atoms with Gasteiger partial charge in [-0.1, -0.05) is 45.4 Å². The van der Waals surface area contributed by atoms with E-state index in [-0.39, 0.29) is 29.9 Å². The monoisotopic (exact) mass is 275 g/mol. The van der Waals surface area contributed by atoms with Crippen molar-refractivity contribution in [3.05, 3.63) is 35.4 Å². The first-order valence-electron chi connectivity index (χ1n) is 7.44. The SMILES string of the molecule is CC(C)(C)c1ccccc1C(=O)NC1CCCC1CO. The van der Waals surface area contributed by atoms with Gasteiger partial charge in [-0.15, -0.1) is 0 Å². The van der Waals surface area contributed by atoms with Crippen molar-refractivity contribution in [3.8, 4) is 0 Å². The minimum absolute atomic E-state index is 0.0131. The molecular formula is C17H25NO2. The van der Waals surface area contributed by atoms with E-state index >= 15 is 0 Å². The molecule has 1 amide bonds. The maximum Gasteiger partial charge on any atom is 0.251 e. The van der Waals surface area contributed by atoms with Gasteiger partial charge in [0.2, 0.25) is 0 Å². The van der Waals surface area contributed by atoms with E-state index in [1.165, 1.54) is 0 Å². The lowest BCUT2D eigenvalue weighted by molar-refractivity contribution is 0.0914. The Hall–Kier alpha value is -1.35. The molecule has 1 fully saturated rings. The molecule has 3 heteroatoms. The number of rotatable bonds is 3. The highest BCUT2D eigenvalue weighted by atomic mass is 16.3. The van der Waals surface area contributed by atoms with Crippen LogP contribution < -0.4 is 5.32 Å². The van der Waals surface area contributed by atoms with Crippen LogP contribution in [0.15, 0.2) is 24.3 Å². The molecule has 0 spiro atoms. The molecule has 0 radical (unpaired) electrons. The van der Waals surface area contributed by atoms with Gasteiger partial charge in [-0.2, -0.15) is 0 Å². The molecular weight excluding hydrogens is 250 g/mol. The summed E-state index contributed by atoms with van der Waals surface area (Å²) in [4.78, 5) is 12.5. The van der Waals surface area contributed by atoms with E-state index in [1.54, 1.807) is 0 Å². The summed E-state index contributed by atoms with van der Waals surface area (Å²) in [6.45, 7) is 6.51. The number of hydrogen-bond donors (Lipinski definition) is 2. The van der Waals surface area contributed by atoms with E-state index in [0.29, 0.717) is 0 Å². The van der Waals surface area contributed by atoms with E-state index in [2.05, 4.69) is 26.1 Å². The highest BCUT2D eigenvalue weighted by Crippen LogP contribution is 2.28. The second-order valence-corrected chi connectivity index (χ2v) is 6.75. The van der Waals surface area contributed by atoms with Gasteiger partial charge in [0.1, 0.15) is 0 Å². The summed E-state index contributed by atoms with van der Waals surface area (Å²) < 4.78 is 0. The van der Waals surface area contributed by atoms with E-state index < -0.39 is 0 Å². The predicted molar refractivity (Wildman–Crippen MR) is 80.8 cm³/mol. The summed E-state index contributed by atoms with van der Waals surface area (Å²) in [6.07, 6.45) is 3.05. The summed E-state index contributed by atoms with van der Waals surface area (Å²) in [7, 11) is 0. The molecule has 2 rings (SSSR count). The Morgan fingerprint density at radius 3 is 2.65 bits per heavy atom. The molecule has 2 unspecified atom stereocenters. The fraction of sp³-hybridized carbons (Fsp3) is 0.588. The van der Waals surface area contributed by atoms with Crippen LogP contribution in [0, 0.1) is 5.92 Å². The summed E-state index contributed by atoms with van der Waals surface area (Å²) in [5.74, 6) is 0.196. The molecule has 110 valence electrons. The zero-order chi connectivity index (χ0) is 14.8. The van der Waals surface area contributed by atoms with Crippen molar-refractivity contribution >= 4 is 5.91 Å². The van der Waals surface area contributed by atoms with Crippen molar-refractivity contribution in [2.45, 2.75) is 51.5 Å². The summed E-state index contributed by atoms with van der Waals surface area (Å²) in [5.41, 5.74) is 1.76. The van der Waals surface area contributed by atoms with Crippen LogP contribution in [0.5, 0.6) is 0 Å². The lowest BCUT2D eigenvalue weighted by Gasteiger charge is -2.24. The van der Waals surface area contributed by atoms with Crippen molar-refractivity contribution in [3.63, 3.8) is 0 Å². The average molecular weight is 275 g/mol. The highest BCUT2D eigenvalue weighted by Gasteiger charge is 2.29. The van der Waals surface area contributed by atoms with Crippen LogP contribution in [0.4, 0.5) is 0 Å². The molecule has 3 nitrogen and oxygen atoms in total. The average Bonchev–Trinajstić information content (AvgIpc) is 2.85. The maximum atomic E-state index is 12.5. The molecule has 1 aromatic carbocycles. The Balaban J connectivity index is 2.18. The number of carbonyl (C=O) groups is 1. The fourth-order valence-electron chi connectivity index (χ4n) is 3.03. The maximum absolute atomic E-state index is 12.5. The normalized spacial score (nSPS) is 22.8. The fourth-order valence-corrected chi connectivity index (χ4v) is 3.03. The van der Waals surface area contributed by atoms with Gasteiger partial charge in [0.15, 0.2) is 0 Å². The molecule has 2 N–H and O–H groups in total. The minimum atomic E-state index is -0.0556. The van der Waals surface area contributed by atoms with E-state index in [1.807, 2.05) is 24.3 Å². The Morgan fingerprint density at radius 1 is 1.30 bits per heavy atom. The van der Waals surface area contributed by atoms with Crippen LogP contribution in [-0.4, -0.2) is 23.7 Å². The van der Waals surface area contributed by atoms with E-state index in [0.717, 1.165) is 30.4 Å². The van der Waals surface area contributed by atoms with Gasteiger partial charge in [0.25, 0.3) is 5.91 Å². The van der Waals surface area contributed by atoms with Gasteiger partial charge in [-0.05, 0) is 29.9 Å². The number of hydrogen-bond acceptors (Lipinski definition) is 2. The molecule has 0 aliphatic heterocycles. The third-order valence-corrected chi connectivity index (χ3v) is 4.19. The largest absolute Gasteiger partial charge is 0.396 e. The van der Waals surface area contributed by atoms with Crippen molar-refractivity contribution in [2.24, 2.45) is 5.92 Å². The van der Waals surface area contributed by atoms with Crippen LogP contribution in [-0.2, 0) is 5.41 Å². The standard InChI is InChI=1S/C17H25NO2/c1-17(2,3)14-9-5-4-8-13(14)16(20)18-15-10-6-7-12(15)11-19/h4-5,8-9,12,15,19H,6-7,10-11H2,1-3H3,(H,18,20). The molecule has 0 heterocycles. The van der Waals surface area contributed by atoms with Crippen LogP contribution in [0.2, 0.25) is 0 Å². The quantitative estimate of drug-likeness (QED) is 0.891. The number of benzene rings is 1. The zero-order valence-corrected chi connectivity index (χ0v) is 12.6. The molecule has 0 aromatic heterocycles. The lowest BCUT2D eigenvalue weighted by atomic mass is 9.83. The molecule has 1 aliphatic rings. The summed E-state index contributed by atoms with van der Waals surface area (Å²) in [6, 6.07) is 7.90. The molecule has 1 saturated carbocycles. The van der Waals surface area contributed by atoms with Gasteiger partial charge in [-0.3, -0.25) is 4.79 Å². The second-order valence-electron chi connectivity index (χ2n) is 6.75. The second kappa shape index (κ2) is 5.96. The molecule has 0 bridgehead atoms. The predicted octanol–water partition coefficient (Wildman–Crippen LogP) is 2.87. The van der Waals surface area contributed by atoms with E-state index in [4.69, 9.17) is 0 Å². The van der Waals surface area contributed by atoms with Crippen molar-refractivity contribution < 1.29 is 9.90 Å². The van der Waals surface area contributed by atoms with Gasteiger partial charge < -0.3 is 10.4 Å². The number of aliphatic hydroxyl groups excluding tert-OH is 1. The first-order valence-corrected chi connectivity index (χ1v) is 7.44.